The SMILES string of the molecule is CC(C)c1nsnc1C(C)(C)C. The quantitative estimate of drug-likeness (QED) is 0.670. The molecule has 0 saturated heterocycles. The van der Waals surface area contributed by atoms with Gasteiger partial charge in [-0.15, -0.1) is 0 Å². The van der Waals surface area contributed by atoms with Crippen LogP contribution in [0.1, 0.15) is 51.9 Å². The Morgan fingerprint density at radius 3 is 2.08 bits per heavy atom. The predicted molar refractivity (Wildman–Crippen MR) is 52.7 cm³/mol. The molecule has 1 heterocycles. The fraction of sp³-hybridized carbons (Fsp3) is 0.778. The second-order valence-corrected chi connectivity index (χ2v) is 4.93. The van der Waals surface area contributed by atoms with Gasteiger partial charge in [-0.25, -0.2) is 0 Å². The molecule has 1 aromatic heterocycles. The van der Waals surface area contributed by atoms with Gasteiger partial charge in [-0.3, -0.25) is 0 Å². The van der Waals surface area contributed by atoms with Crippen molar-refractivity contribution < 1.29 is 0 Å². The van der Waals surface area contributed by atoms with E-state index in [0.29, 0.717) is 5.92 Å². The molecular formula is C9H16N2S. The lowest BCUT2D eigenvalue weighted by Crippen LogP contribution is -2.14. The average Bonchev–Trinajstić information content (AvgIpc) is 2.30. The normalized spacial score (nSPS) is 12.5. The summed E-state index contributed by atoms with van der Waals surface area (Å²) in [5, 5.41) is 0. The third-order valence-electron chi connectivity index (χ3n) is 1.77. The Hall–Kier alpha value is -0.440. The lowest BCUT2D eigenvalue weighted by molar-refractivity contribution is 0.560. The molecular weight excluding hydrogens is 168 g/mol. The highest BCUT2D eigenvalue weighted by Gasteiger charge is 2.23. The summed E-state index contributed by atoms with van der Waals surface area (Å²) in [4.78, 5) is 0. The molecule has 0 aliphatic carbocycles. The summed E-state index contributed by atoms with van der Waals surface area (Å²) in [6, 6.07) is 0. The van der Waals surface area contributed by atoms with Gasteiger partial charge in [-0.05, 0) is 5.92 Å². The van der Waals surface area contributed by atoms with Crippen LogP contribution in [0, 0.1) is 0 Å². The molecule has 3 heteroatoms. The standard InChI is InChI=1S/C9H16N2S/c1-6(2)7-8(9(3,4)5)11-12-10-7/h6H,1-5H3. The molecule has 0 atom stereocenters. The van der Waals surface area contributed by atoms with Crippen molar-refractivity contribution in [2.75, 3.05) is 0 Å². The Labute approximate surface area is 78.3 Å². The smallest absolute Gasteiger partial charge is 0.0831 e. The highest BCUT2D eigenvalue weighted by atomic mass is 32.1. The third kappa shape index (κ3) is 1.83. The van der Waals surface area contributed by atoms with Crippen LogP contribution < -0.4 is 0 Å². The minimum atomic E-state index is 0.132. The van der Waals surface area contributed by atoms with E-state index in [9.17, 15) is 0 Å². The van der Waals surface area contributed by atoms with Crippen LogP contribution >= 0.6 is 11.7 Å². The molecule has 0 radical (unpaired) electrons. The number of nitrogens with zero attached hydrogens (tertiary/aromatic N) is 2. The van der Waals surface area contributed by atoms with E-state index in [-0.39, 0.29) is 5.41 Å². The van der Waals surface area contributed by atoms with Crippen LogP contribution in [-0.2, 0) is 5.41 Å². The Morgan fingerprint density at radius 2 is 1.75 bits per heavy atom. The van der Waals surface area contributed by atoms with Gasteiger partial charge in [0, 0.05) is 5.41 Å². The largest absolute Gasteiger partial charge is 0.178 e. The van der Waals surface area contributed by atoms with Crippen LogP contribution in [0.5, 0.6) is 0 Å². The Morgan fingerprint density at radius 1 is 1.17 bits per heavy atom. The van der Waals surface area contributed by atoms with Crippen LogP contribution in [0.3, 0.4) is 0 Å². The van der Waals surface area contributed by atoms with E-state index < -0.39 is 0 Å². The zero-order valence-corrected chi connectivity index (χ0v) is 9.20. The summed E-state index contributed by atoms with van der Waals surface area (Å²) in [6.07, 6.45) is 0. The number of hydrogen-bond acceptors (Lipinski definition) is 3. The first-order chi connectivity index (χ1) is 5.43. The lowest BCUT2D eigenvalue weighted by atomic mass is 9.88. The fourth-order valence-corrected chi connectivity index (χ4v) is 1.97. The van der Waals surface area contributed by atoms with Crippen molar-refractivity contribution in [1.82, 2.24) is 8.75 Å². The van der Waals surface area contributed by atoms with Gasteiger partial charge in [0.1, 0.15) is 0 Å². The van der Waals surface area contributed by atoms with Gasteiger partial charge in [-0.2, -0.15) is 8.75 Å². The van der Waals surface area contributed by atoms with Gasteiger partial charge in [0.2, 0.25) is 0 Å². The minimum Gasteiger partial charge on any atom is -0.178 e. The molecule has 0 aliphatic rings. The highest BCUT2D eigenvalue weighted by Crippen LogP contribution is 2.28. The zero-order chi connectivity index (χ0) is 9.35. The lowest BCUT2D eigenvalue weighted by Gasteiger charge is -2.17. The van der Waals surface area contributed by atoms with Crippen molar-refractivity contribution in [2.45, 2.75) is 46.0 Å². The molecule has 0 aliphatic heterocycles. The molecule has 1 rings (SSSR count). The van der Waals surface area contributed by atoms with E-state index >= 15 is 0 Å². The Bertz CT molecular complexity index is 258. The molecule has 0 bridgehead atoms. The maximum atomic E-state index is 4.34. The third-order valence-corrected chi connectivity index (χ3v) is 2.31. The summed E-state index contributed by atoms with van der Waals surface area (Å²) >= 11 is 1.32. The average molecular weight is 184 g/mol. The van der Waals surface area contributed by atoms with Crippen LogP contribution in [-0.4, -0.2) is 8.75 Å². The molecule has 68 valence electrons. The van der Waals surface area contributed by atoms with Crippen molar-refractivity contribution in [3.05, 3.63) is 11.4 Å². The van der Waals surface area contributed by atoms with Crippen molar-refractivity contribution >= 4 is 11.7 Å². The first kappa shape index (κ1) is 9.65. The van der Waals surface area contributed by atoms with Crippen LogP contribution in [0.2, 0.25) is 0 Å². The molecule has 0 spiro atoms. The fourth-order valence-electron chi connectivity index (χ4n) is 1.10. The first-order valence-electron chi connectivity index (χ1n) is 4.26. The predicted octanol–water partition coefficient (Wildman–Crippen LogP) is 2.96. The zero-order valence-electron chi connectivity index (χ0n) is 8.38. The van der Waals surface area contributed by atoms with E-state index in [1.807, 2.05) is 0 Å². The molecule has 0 saturated carbocycles. The molecule has 12 heavy (non-hydrogen) atoms. The molecule has 2 nitrogen and oxygen atoms in total. The van der Waals surface area contributed by atoms with E-state index in [1.165, 1.54) is 11.7 Å². The first-order valence-corrected chi connectivity index (χ1v) is 4.99. The summed E-state index contributed by atoms with van der Waals surface area (Å²) in [5.41, 5.74) is 2.45. The number of aromatic nitrogens is 2. The van der Waals surface area contributed by atoms with E-state index in [1.54, 1.807) is 0 Å². The number of hydrogen-bond donors (Lipinski definition) is 0. The molecule has 0 amide bonds. The van der Waals surface area contributed by atoms with Crippen LogP contribution in [0.25, 0.3) is 0 Å². The maximum Gasteiger partial charge on any atom is 0.0831 e. The van der Waals surface area contributed by atoms with Gasteiger partial charge in [0.05, 0.1) is 23.1 Å². The Balaban J connectivity index is 3.08. The summed E-state index contributed by atoms with van der Waals surface area (Å²) in [6.45, 7) is 10.8. The molecule has 0 unspecified atom stereocenters. The Kier molecular flexibility index (Phi) is 2.52. The van der Waals surface area contributed by atoms with Crippen molar-refractivity contribution in [3.63, 3.8) is 0 Å². The van der Waals surface area contributed by atoms with Gasteiger partial charge < -0.3 is 0 Å². The molecule has 0 N–H and O–H groups in total. The summed E-state index contributed by atoms with van der Waals surface area (Å²) in [7, 11) is 0. The summed E-state index contributed by atoms with van der Waals surface area (Å²) < 4.78 is 8.65. The second-order valence-electron chi connectivity index (χ2n) is 4.40. The van der Waals surface area contributed by atoms with Crippen molar-refractivity contribution in [3.8, 4) is 0 Å². The van der Waals surface area contributed by atoms with Crippen molar-refractivity contribution in [1.29, 1.82) is 0 Å². The van der Waals surface area contributed by atoms with Gasteiger partial charge >= 0.3 is 0 Å². The number of rotatable bonds is 1. The van der Waals surface area contributed by atoms with Gasteiger partial charge in [0.15, 0.2) is 0 Å². The molecule has 0 aromatic carbocycles. The van der Waals surface area contributed by atoms with E-state index in [0.717, 1.165) is 11.4 Å². The van der Waals surface area contributed by atoms with Gasteiger partial charge in [-0.1, -0.05) is 34.6 Å². The topological polar surface area (TPSA) is 25.8 Å². The maximum absolute atomic E-state index is 4.34. The molecule has 0 fully saturated rings. The highest BCUT2D eigenvalue weighted by molar-refractivity contribution is 6.99. The second kappa shape index (κ2) is 3.13. The monoisotopic (exact) mass is 184 g/mol. The minimum absolute atomic E-state index is 0.132. The van der Waals surface area contributed by atoms with Crippen LogP contribution in [0.4, 0.5) is 0 Å². The van der Waals surface area contributed by atoms with E-state index in [2.05, 4.69) is 43.4 Å². The summed E-state index contributed by atoms with van der Waals surface area (Å²) in [5.74, 6) is 0.484. The van der Waals surface area contributed by atoms with E-state index in [4.69, 9.17) is 0 Å². The van der Waals surface area contributed by atoms with Crippen molar-refractivity contribution in [2.24, 2.45) is 0 Å². The van der Waals surface area contributed by atoms with Gasteiger partial charge in [0.25, 0.3) is 0 Å². The van der Waals surface area contributed by atoms with Crippen LogP contribution in [0.15, 0.2) is 0 Å². The molecule has 1 aromatic rings.